The Balaban J connectivity index is 2.82. The number of hydrogen-bond donors (Lipinski definition) is 1. The molecule has 0 bridgehead atoms. The maximum atomic E-state index is 8.68. The van der Waals surface area contributed by atoms with Gasteiger partial charge in [0, 0.05) is 6.54 Å². The van der Waals surface area contributed by atoms with E-state index in [-0.39, 0.29) is 0 Å². The van der Waals surface area contributed by atoms with Crippen molar-refractivity contribution in [1.82, 2.24) is 4.98 Å². The molecule has 0 saturated carbocycles. The normalized spacial score (nSPS) is 9.21. The van der Waals surface area contributed by atoms with E-state index in [1.165, 1.54) is 6.07 Å². The third-order valence-electron chi connectivity index (χ3n) is 1.49. The summed E-state index contributed by atoms with van der Waals surface area (Å²) in [5.41, 5.74) is 1.49. The van der Waals surface area contributed by atoms with Crippen molar-refractivity contribution < 1.29 is 0 Å². The summed E-state index contributed by atoms with van der Waals surface area (Å²) in [5.74, 6) is 0.594. The molecule has 1 N–H and O–H groups in total. The van der Waals surface area contributed by atoms with Crippen LogP contribution in [0.1, 0.15) is 12.5 Å². The summed E-state index contributed by atoms with van der Waals surface area (Å²) in [7, 11) is 0. The number of nitriles is 1. The molecule has 0 saturated heterocycles. The van der Waals surface area contributed by atoms with E-state index in [1.807, 2.05) is 13.0 Å². The molecule has 0 aromatic carbocycles. The zero-order valence-corrected chi connectivity index (χ0v) is 8.60. The van der Waals surface area contributed by atoms with Crippen molar-refractivity contribution in [1.29, 1.82) is 5.26 Å². The first-order chi connectivity index (χ1) is 6.61. The van der Waals surface area contributed by atoms with Gasteiger partial charge in [-0.3, -0.25) is 0 Å². The van der Waals surface area contributed by atoms with Gasteiger partial charge < -0.3 is 5.32 Å². The van der Waals surface area contributed by atoms with Crippen LogP contribution in [-0.4, -0.2) is 11.5 Å². The van der Waals surface area contributed by atoms with Gasteiger partial charge in [-0.2, -0.15) is 5.26 Å². The van der Waals surface area contributed by atoms with Gasteiger partial charge in [-0.05, 0) is 19.1 Å². The van der Waals surface area contributed by atoms with Crippen molar-refractivity contribution >= 4 is 17.4 Å². The van der Waals surface area contributed by atoms with E-state index in [9.17, 15) is 0 Å². The van der Waals surface area contributed by atoms with E-state index >= 15 is 0 Å². The molecule has 14 heavy (non-hydrogen) atoms. The Kier molecular flexibility index (Phi) is 3.49. The zero-order chi connectivity index (χ0) is 10.6. The van der Waals surface area contributed by atoms with E-state index in [4.69, 9.17) is 16.9 Å². The van der Waals surface area contributed by atoms with Crippen LogP contribution in [0.2, 0.25) is 5.15 Å². The lowest BCUT2D eigenvalue weighted by Gasteiger charge is -2.05. The second-order valence-corrected chi connectivity index (χ2v) is 3.37. The topological polar surface area (TPSA) is 48.7 Å². The predicted molar refractivity (Wildman–Crippen MR) is 57.3 cm³/mol. The summed E-state index contributed by atoms with van der Waals surface area (Å²) in [6.45, 7) is 6.28. The average Bonchev–Trinajstić information content (AvgIpc) is 2.14. The molecule has 1 aromatic heterocycles. The first-order valence-electron chi connectivity index (χ1n) is 4.08. The zero-order valence-electron chi connectivity index (χ0n) is 7.84. The summed E-state index contributed by atoms with van der Waals surface area (Å²) in [4.78, 5) is 4.02. The lowest BCUT2D eigenvalue weighted by molar-refractivity contribution is 1.16. The molecule has 1 heterocycles. The summed E-state index contributed by atoms with van der Waals surface area (Å²) in [6, 6.07) is 5.18. The Hall–Kier alpha value is -1.53. The Bertz CT molecular complexity index is 393. The highest BCUT2D eigenvalue weighted by atomic mass is 35.5. The van der Waals surface area contributed by atoms with Gasteiger partial charge in [-0.15, -0.1) is 0 Å². The molecule has 0 spiro atoms. The molecule has 72 valence electrons. The van der Waals surface area contributed by atoms with Crippen LogP contribution < -0.4 is 5.32 Å². The molecule has 0 aliphatic heterocycles. The van der Waals surface area contributed by atoms with Gasteiger partial charge in [0.15, 0.2) is 0 Å². The number of aromatic nitrogens is 1. The summed E-state index contributed by atoms with van der Waals surface area (Å²) in [5, 5.41) is 12.0. The second kappa shape index (κ2) is 4.64. The minimum atomic E-state index is 0.313. The Morgan fingerprint density at radius 1 is 1.71 bits per heavy atom. The summed E-state index contributed by atoms with van der Waals surface area (Å²) >= 11 is 5.72. The highest BCUT2D eigenvalue weighted by Gasteiger charge is 1.99. The predicted octanol–water partition coefficient (Wildman–Crippen LogP) is 2.59. The average molecular weight is 208 g/mol. The quantitative estimate of drug-likeness (QED) is 0.612. The minimum Gasteiger partial charge on any atom is -0.366 e. The Morgan fingerprint density at radius 3 is 3.00 bits per heavy atom. The lowest BCUT2D eigenvalue weighted by atomic mass is 10.3. The molecule has 0 amide bonds. The lowest BCUT2D eigenvalue weighted by Crippen LogP contribution is -2.04. The van der Waals surface area contributed by atoms with Crippen molar-refractivity contribution in [2.24, 2.45) is 0 Å². The maximum Gasteiger partial charge on any atom is 0.132 e. The van der Waals surface area contributed by atoms with Crippen LogP contribution in [0, 0.1) is 11.3 Å². The minimum absolute atomic E-state index is 0.313. The number of rotatable bonds is 3. The van der Waals surface area contributed by atoms with Crippen LogP contribution in [-0.2, 0) is 0 Å². The molecule has 1 rings (SSSR count). The van der Waals surface area contributed by atoms with Crippen molar-refractivity contribution in [2.45, 2.75) is 6.92 Å². The van der Waals surface area contributed by atoms with E-state index < -0.39 is 0 Å². The van der Waals surface area contributed by atoms with E-state index in [0.717, 1.165) is 5.57 Å². The third kappa shape index (κ3) is 3.08. The van der Waals surface area contributed by atoms with Crippen molar-refractivity contribution in [3.63, 3.8) is 0 Å². The van der Waals surface area contributed by atoms with Crippen LogP contribution in [0.3, 0.4) is 0 Å². The van der Waals surface area contributed by atoms with Gasteiger partial charge in [0.05, 0.1) is 11.6 Å². The highest BCUT2D eigenvalue weighted by Crippen LogP contribution is 2.13. The van der Waals surface area contributed by atoms with Gasteiger partial charge in [0.2, 0.25) is 0 Å². The van der Waals surface area contributed by atoms with Crippen LogP contribution in [0.25, 0.3) is 0 Å². The van der Waals surface area contributed by atoms with Crippen molar-refractivity contribution in [3.05, 3.63) is 35.0 Å². The van der Waals surface area contributed by atoms with Crippen LogP contribution in [0.5, 0.6) is 0 Å². The van der Waals surface area contributed by atoms with E-state index in [2.05, 4.69) is 16.9 Å². The smallest absolute Gasteiger partial charge is 0.132 e. The fourth-order valence-corrected chi connectivity index (χ4v) is 1.10. The van der Waals surface area contributed by atoms with Gasteiger partial charge in [-0.1, -0.05) is 23.8 Å². The van der Waals surface area contributed by atoms with Gasteiger partial charge in [0.25, 0.3) is 0 Å². The van der Waals surface area contributed by atoms with Gasteiger partial charge >= 0.3 is 0 Å². The first kappa shape index (κ1) is 10.6. The SMILES string of the molecule is C=C(C)CNc1cc(C#N)cc(Cl)n1. The standard InChI is InChI=1S/C10H10ClN3/c1-7(2)6-13-10-4-8(5-12)3-9(11)14-10/h3-4H,1,6H2,2H3,(H,13,14). The molecule has 0 atom stereocenters. The number of pyridine rings is 1. The van der Waals surface area contributed by atoms with Crippen LogP contribution in [0.15, 0.2) is 24.3 Å². The van der Waals surface area contributed by atoms with Gasteiger partial charge in [-0.25, -0.2) is 4.98 Å². The molecule has 1 aromatic rings. The van der Waals surface area contributed by atoms with Crippen molar-refractivity contribution in [3.8, 4) is 6.07 Å². The highest BCUT2D eigenvalue weighted by molar-refractivity contribution is 6.29. The monoisotopic (exact) mass is 207 g/mol. The van der Waals surface area contributed by atoms with E-state index in [0.29, 0.717) is 23.1 Å². The Morgan fingerprint density at radius 2 is 2.43 bits per heavy atom. The molecule has 0 fully saturated rings. The number of hydrogen-bond acceptors (Lipinski definition) is 3. The van der Waals surface area contributed by atoms with Crippen LogP contribution >= 0.6 is 11.6 Å². The first-order valence-corrected chi connectivity index (χ1v) is 4.45. The van der Waals surface area contributed by atoms with Crippen LogP contribution in [0.4, 0.5) is 5.82 Å². The fraction of sp³-hybridized carbons (Fsp3) is 0.200. The van der Waals surface area contributed by atoms with E-state index in [1.54, 1.807) is 6.07 Å². The number of anilines is 1. The van der Waals surface area contributed by atoms with Crippen molar-refractivity contribution in [2.75, 3.05) is 11.9 Å². The largest absolute Gasteiger partial charge is 0.366 e. The molecule has 0 aliphatic rings. The number of nitrogens with one attached hydrogen (secondary N) is 1. The maximum absolute atomic E-state index is 8.68. The molecule has 3 nitrogen and oxygen atoms in total. The molecular weight excluding hydrogens is 198 g/mol. The summed E-state index contributed by atoms with van der Waals surface area (Å²) in [6.07, 6.45) is 0. The molecular formula is C10H10ClN3. The fourth-order valence-electron chi connectivity index (χ4n) is 0.893. The van der Waals surface area contributed by atoms with Gasteiger partial charge in [0.1, 0.15) is 11.0 Å². The Labute approximate surface area is 88.0 Å². The second-order valence-electron chi connectivity index (χ2n) is 2.99. The number of halogens is 1. The molecule has 0 aliphatic carbocycles. The molecule has 4 heteroatoms. The third-order valence-corrected chi connectivity index (χ3v) is 1.69. The summed E-state index contributed by atoms with van der Waals surface area (Å²) < 4.78 is 0. The number of nitrogens with zero attached hydrogens (tertiary/aromatic N) is 2. The molecule has 0 unspecified atom stereocenters. The molecule has 0 radical (unpaired) electrons.